The lowest BCUT2D eigenvalue weighted by atomic mass is 10.2. The van der Waals surface area contributed by atoms with Crippen LogP contribution in [0.15, 0.2) is 36.9 Å². The molecule has 0 heterocycles. The molecule has 0 radical (unpaired) electrons. The van der Waals surface area contributed by atoms with Crippen molar-refractivity contribution in [1.82, 2.24) is 0 Å². The van der Waals surface area contributed by atoms with Crippen LogP contribution in [0.1, 0.15) is 6.92 Å². The average Bonchev–Trinajstić information content (AvgIpc) is 2.14. The largest absolute Gasteiger partial charge is 0.382 e. The molecule has 0 aliphatic carbocycles. The van der Waals surface area contributed by atoms with Crippen LogP contribution in [-0.4, -0.2) is 12.5 Å². The second kappa shape index (κ2) is 5.07. The number of hydrogen-bond acceptors (Lipinski definition) is 2. The van der Waals surface area contributed by atoms with Gasteiger partial charge < -0.3 is 10.6 Å². The highest BCUT2D eigenvalue weighted by Gasteiger charge is 1.95. The van der Waals surface area contributed by atoms with Crippen molar-refractivity contribution in [2.75, 3.05) is 17.2 Å². The van der Waals surface area contributed by atoms with Crippen molar-refractivity contribution >= 4 is 17.3 Å². The van der Waals surface area contributed by atoms with Gasteiger partial charge in [0.2, 0.25) is 5.91 Å². The SMILES string of the molecule is C=CCNc1cccc(NC(C)=O)c1. The van der Waals surface area contributed by atoms with Crippen molar-refractivity contribution in [2.45, 2.75) is 6.92 Å². The highest BCUT2D eigenvalue weighted by atomic mass is 16.1. The predicted molar refractivity (Wildman–Crippen MR) is 59.4 cm³/mol. The third-order valence-electron chi connectivity index (χ3n) is 1.63. The standard InChI is InChI=1S/C11H14N2O/c1-3-7-12-10-5-4-6-11(8-10)13-9(2)14/h3-6,8,12H,1,7H2,2H3,(H,13,14). The number of anilines is 2. The Morgan fingerprint density at radius 3 is 2.86 bits per heavy atom. The number of hydrogen-bond donors (Lipinski definition) is 2. The minimum Gasteiger partial charge on any atom is -0.382 e. The summed E-state index contributed by atoms with van der Waals surface area (Å²) in [6.45, 7) is 5.82. The molecule has 0 saturated heterocycles. The van der Waals surface area contributed by atoms with Crippen LogP contribution >= 0.6 is 0 Å². The Labute approximate surface area is 83.8 Å². The first-order valence-electron chi connectivity index (χ1n) is 4.45. The number of nitrogens with one attached hydrogen (secondary N) is 2. The Balaban J connectivity index is 2.68. The molecule has 0 fully saturated rings. The van der Waals surface area contributed by atoms with E-state index in [1.54, 1.807) is 6.08 Å². The predicted octanol–water partition coefficient (Wildman–Crippen LogP) is 2.24. The Morgan fingerprint density at radius 1 is 1.50 bits per heavy atom. The van der Waals surface area contributed by atoms with Gasteiger partial charge in [0.1, 0.15) is 0 Å². The van der Waals surface area contributed by atoms with E-state index in [9.17, 15) is 4.79 Å². The first-order valence-corrected chi connectivity index (χ1v) is 4.45. The molecule has 74 valence electrons. The molecule has 1 aromatic carbocycles. The van der Waals surface area contributed by atoms with Gasteiger partial charge in [-0.25, -0.2) is 0 Å². The van der Waals surface area contributed by atoms with Crippen molar-refractivity contribution in [3.8, 4) is 0 Å². The van der Waals surface area contributed by atoms with Crippen LogP contribution in [-0.2, 0) is 4.79 Å². The number of amides is 1. The van der Waals surface area contributed by atoms with Gasteiger partial charge >= 0.3 is 0 Å². The van der Waals surface area contributed by atoms with Gasteiger partial charge in [0.15, 0.2) is 0 Å². The average molecular weight is 190 g/mol. The number of benzene rings is 1. The van der Waals surface area contributed by atoms with Crippen LogP contribution in [0.5, 0.6) is 0 Å². The molecule has 1 rings (SSSR count). The van der Waals surface area contributed by atoms with Crippen molar-refractivity contribution in [2.24, 2.45) is 0 Å². The van der Waals surface area contributed by atoms with Crippen LogP contribution in [0.2, 0.25) is 0 Å². The van der Waals surface area contributed by atoms with Crippen molar-refractivity contribution < 1.29 is 4.79 Å². The van der Waals surface area contributed by atoms with Crippen molar-refractivity contribution in [3.63, 3.8) is 0 Å². The Morgan fingerprint density at radius 2 is 2.21 bits per heavy atom. The molecule has 0 aliphatic heterocycles. The second-order valence-electron chi connectivity index (χ2n) is 2.93. The van der Waals surface area contributed by atoms with E-state index in [0.717, 1.165) is 11.4 Å². The first-order chi connectivity index (χ1) is 6.72. The van der Waals surface area contributed by atoms with Gasteiger partial charge in [0.05, 0.1) is 0 Å². The first kappa shape index (κ1) is 10.3. The maximum absolute atomic E-state index is 10.8. The van der Waals surface area contributed by atoms with Crippen LogP contribution < -0.4 is 10.6 Å². The summed E-state index contributed by atoms with van der Waals surface area (Å²) in [5.41, 5.74) is 1.77. The van der Waals surface area contributed by atoms with E-state index < -0.39 is 0 Å². The molecule has 1 amide bonds. The minimum absolute atomic E-state index is 0.0640. The molecule has 3 nitrogen and oxygen atoms in total. The zero-order chi connectivity index (χ0) is 10.4. The Kier molecular flexibility index (Phi) is 3.73. The molecule has 0 atom stereocenters. The normalized spacial score (nSPS) is 9.21. The third-order valence-corrected chi connectivity index (χ3v) is 1.63. The maximum atomic E-state index is 10.8. The number of rotatable bonds is 4. The molecular weight excluding hydrogens is 176 g/mol. The molecule has 14 heavy (non-hydrogen) atoms. The fraction of sp³-hybridized carbons (Fsp3) is 0.182. The van der Waals surface area contributed by atoms with Gasteiger partial charge in [0.25, 0.3) is 0 Å². The topological polar surface area (TPSA) is 41.1 Å². The van der Waals surface area contributed by atoms with Gasteiger partial charge in [-0.05, 0) is 18.2 Å². The van der Waals surface area contributed by atoms with Crippen LogP contribution in [0.4, 0.5) is 11.4 Å². The maximum Gasteiger partial charge on any atom is 0.221 e. The summed E-state index contributed by atoms with van der Waals surface area (Å²) >= 11 is 0. The molecule has 0 spiro atoms. The zero-order valence-electron chi connectivity index (χ0n) is 8.21. The van der Waals surface area contributed by atoms with Gasteiger partial charge in [-0.3, -0.25) is 4.79 Å². The monoisotopic (exact) mass is 190 g/mol. The summed E-state index contributed by atoms with van der Waals surface area (Å²) in [7, 11) is 0. The minimum atomic E-state index is -0.0640. The van der Waals surface area contributed by atoms with E-state index in [-0.39, 0.29) is 5.91 Å². The van der Waals surface area contributed by atoms with E-state index in [0.29, 0.717) is 6.54 Å². The molecule has 3 heteroatoms. The Hall–Kier alpha value is -1.77. The fourth-order valence-electron chi connectivity index (χ4n) is 1.10. The van der Waals surface area contributed by atoms with Crippen LogP contribution in [0.3, 0.4) is 0 Å². The summed E-state index contributed by atoms with van der Waals surface area (Å²) in [5.74, 6) is -0.0640. The van der Waals surface area contributed by atoms with Crippen molar-refractivity contribution in [1.29, 1.82) is 0 Å². The van der Waals surface area contributed by atoms with Gasteiger partial charge in [-0.2, -0.15) is 0 Å². The molecule has 0 bridgehead atoms. The Bertz CT molecular complexity index is 334. The highest BCUT2D eigenvalue weighted by Crippen LogP contribution is 2.14. The van der Waals surface area contributed by atoms with E-state index in [1.165, 1.54) is 6.92 Å². The van der Waals surface area contributed by atoms with E-state index in [1.807, 2.05) is 24.3 Å². The lowest BCUT2D eigenvalue weighted by Crippen LogP contribution is -2.06. The lowest BCUT2D eigenvalue weighted by molar-refractivity contribution is -0.114. The number of carbonyl (C=O) groups excluding carboxylic acids is 1. The number of carbonyl (C=O) groups is 1. The molecule has 2 N–H and O–H groups in total. The second-order valence-corrected chi connectivity index (χ2v) is 2.93. The molecule has 1 aromatic rings. The zero-order valence-corrected chi connectivity index (χ0v) is 8.21. The van der Waals surface area contributed by atoms with E-state index in [2.05, 4.69) is 17.2 Å². The smallest absolute Gasteiger partial charge is 0.221 e. The summed E-state index contributed by atoms with van der Waals surface area (Å²) in [5, 5.41) is 5.86. The molecule has 0 aromatic heterocycles. The summed E-state index contributed by atoms with van der Waals surface area (Å²) in [6.07, 6.45) is 1.78. The molecular formula is C11H14N2O. The molecule has 0 aliphatic rings. The molecule has 0 saturated carbocycles. The highest BCUT2D eigenvalue weighted by molar-refractivity contribution is 5.89. The van der Waals surface area contributed by atoms with E-state index >= 15 is 0 Å². The van der Waals surface area contributed by atoms with Crippen molar-refractivity contribution in [3.05, 3.63) is 36.9 Å². The summed E-state index contributed by atoms with van der Waals surface area (Å²) in [4.78, 5) is 10.8. The van der Waals surface area contributed by atoms with Crippen LogP contribution in [0.25, 0.3) is 0 Å². The van der Waals surface area contributed by atoms with Gasteiger partial charge in [-0.1, -0.05) is 12.1 Å². The van der Waals surface area contributed by atoms with E-state index in [4.69, 9.17) is 0 Å². The fourth-order valence-corrected chi connectivity index (χ4v) is 1.10. The van der Waals surface area contributed by atoms with Gasteiger partial charge in [-0.15, -0.1) is 6.58 Å². The third kappa shape index (κ3) is 3.31. The molecule has 0 unspecified atom stereocenters. The quantitative estimate of drug-likeness (QED) is 0.715. The van der Waals surface area contributed by atoms with Crippen LogP contribution in [0, 0.1) is 0 Å². The van der Waals surface area contributed by atoms with Gasteiger partial charge in [0, 0.05) is 24.8 Å². The summed E-state index contributed by atoms with van der Waals surface area (Å²) in [6, 6.07) is 7.55. The lowest BCUT2D eigenvalue weighted by Gasteiger charge is -2.06. The summed E-state index contributed by atoms with van der Waals surface area (Å²) < 4.78 is 0.